The highest BCUT2D eigenvalue weighted by atomic mass is 16.5. The van der Waals surface area contributed by atoms with Crippen LogP contribution >= 0.6 is 0 Å². The van der Waals surface area contributed by atoms with Crippen LogP contribution in [0.4, 0.5) is 0 Å². The summed E-state index contributed by atoms with van der Waals surface area (Å²) in [5.41, 5.74) is 3.08. The first kappa shape index (κ1) is 14.1. The molecule has 3 nitrogen and oxygen atoms in total. The molecule has 3 rings (SSSR count). The number of piperidine rings is 1. The molecule has 0 aromatic heterocycles. The van der Waals surface area contributed by atoms with Gasteiger partial charge in [0.15, 0.2) is 0 Å². The number of nitrogens with zero attached hydrogens (tertiary/aromatic N) is 1. The van der Waals surface area contributed by atoms with Gasteiger partial charge in [-0.25, -0.2) is 0 Å². The molecule has 1 saturated heterocycles. The van der Waals surface area contributed by atoms with E-state index in [9.17, 15) is 0 Å². The van der Waals surface area contributed by atoms with Crippen LogP contribution < -0.4 is 5.32 Å². The number of hydrogen-bond acceptors (Lipinski definition) is 3. The number of ether oxygens (including phenoxy) is 1. The van der Waals surface area contributed by atoms with Crippen LogP contribution in [0, 0.1) is 0 Å². The van der Waals surface area contributed by atoms with E-state index in [0.717, 1.165) is 13.2 Å². The van der Waals surface area contributed by atoms with Crippen molar-refractivity contribution in [2.75, 3.05) is 33.4 Å². The molecule has 0 bridgehead atoms. The fraction of sp³-hybridized carbons (Fsp3) is 0.647. The van der Waals surface area contributed by atoms with Crippen LogP contribution in [-0.4, -0.2) is 50.3 Å². The molecular weight excluding hydrogens is 248 g/mol. The lowest BCUT2D eigenvalue weighted by molar-refractivity contribution is 0.120. The predicted molar refractivity (Wildman–Crippen MR) is 82.1 cm³/mol. The van der Waals surface area contributed by atoms with Crippen molar-refractivity contribution in [2.45, 2.75) is 37.8 Å². The largest absolute Gasteiger partial charge is 0.383 e. The Morgan fingerprint density at radius 2 is 1.95 bits per heavy atom. The van der Waals surface area contributed by atoms with E-state index in [-0.39, 0.29) is 0 Å². The second kappa shape index (κ2) is 6.70. The van der Waals surface area contributed by atoms with E-state index < -0.39 is 0 Å². The van der Waals surface area contributed by atoms with Gasteiger partial charge in [0.1, 0.15) is 0 Å². The summed E-state index contributed by atoms with van der Waals surface area (Å²) in [6.07, 6.45) is 5.02. The van der Waals surface area contributed by atoms with E-state index in [2.05, 4.69) is 34.5 Å². The molecule has 0 amide bonds. The fourth-order valence-electron chi connectivity index (χ4n) is 3.63. The first-order chi connectivity index (χ1) is 9.85. The Hall–Kier alpha value is -0.900. The third-order valence-electron chi connectivity index (χ3n) is 4.64. The SMILES string of the molecule is COCCN1CCC[C@H](NC2Cc3ccccc3C2)C1. The summed E-state index contributed by atoms with van der Waals surface area (Å²) in [6, 6.07) is 10.2. The Morgan fingerprint density at radius 1 is 1.20 bits per heavy atom. The minimum Gasteiger partial charge on any atom is -0.383 e. The van der Waals surface area contributed by atoms with Gasteiger partial charge in [0.05, 0.1) is 6.61 Å². The van der Waals surface area contributed by atoms with Crippen molar-refractivity contribution in [2.24, 2.45) is 0 Å². The van der Waals surface area contributed by atoms with Crippen molar-refractivity contribution in [3.8, 4) is 0 Å². The van der Waals surface area contributed by atoms with Gasteiger partial charge in [-0.2, -0.15) is 0 Å². The second-order valence-electron chi connectivity index (χ2n) is 6.17. The lowest BCUT2D eigenvalue weighted by Crippen LogP contribution is -2.50. The Labute approximate surface area is 122 Å². The summed E-state index contributed by atoms with van der Waals surface area (Å²) in [5, 5.41) is 3.89. The molecule has 1 N–H and O–H groups in total. The van der Waals surface area contributed by atoms with E-state index in [1.54, 1.807) is 7.11 Å². The lowest BCUT2D eigenvalue weighted by atomic mass is 10.0. The van der Waals surface area contributed by atoms with Gasteiger partial charge in [-0.15, -0.1) is 0 Å². The molecule has 0 radical (unpaired) electrons. The molecule has 1 atom stereocenters. The molecule has 0 saturated carbocycles. The zero-order chi connectivity index (χ0) is 13.8. The Balaban J connectivity index is 1.49. The molecule has 0 unspecified atom stereocenters. The van der Waals surface area contributed by atoms with Crippen LogP contribution in [0.2, 0.25) is 0 Å². The van der Waals surface area contributed by atoms with Crippen LogP contribution in [0.25, 0.3) is 0 Å². The van der Waals surface area contributed by atoms with E-state index in [1.165, 1.54) is 49.9 Å². The van der Waals surface area contributed by atoms with Gasteiger partial charge >= 0.3 is 0 Å². The Bertz CT molecular complexity index is 410. The molecule has 110 valence electrons. The number of likely N-dealkylation sites (tertiary alicyclic amines) is 1. The van der Waals surface area contributed by atoms with Crippen molar-refractivity contribution < 1.29 is 4.74 Å². The lowest BCUT2D eigenvalue weighted by Gasteiger charge is -2.34. The highest BCUT2D eigenvalue weighted by Crippen LogP contribution is 2.23. The van der Waals surface area contributed by atoms with E-state index in [0.29, 0.717) is 12.1 Å². The van der Waals surface area contributed by atoms with Crippen molar-refractivity contribution >= 4 is 0 Å². The van der Waals surface area contributed by atoms with Gasteiger partial charge in [-0.05, 0) is 43.4 Å². The summed E-state index contributed by atoms with van der Waals surface area (Å²) in [4.78, 5) is 2.53. The minimum atomic E-state index is 0.639. The van der Waals surface area contributed by atoms with Crippen LogP contribution in [0.3, 0.4) is 0 Å². The molecule has 2 aliphatic rings. The zero-order valence-corrected chi connectivity index (χ0v) is 12.5. The van der Waals surface area contributed by atoms with Crippen LogP contribution in [0.15, 0.2) is 24.3 Å². The topological polar surface area (TPSA) is 24.5 Å². The van der Waals surface area contributed by atoms with Crippen LogP contribution in [0.1, 0.15) is 24.0 Å². The summed E-state index contributed by atoms with van der Waals surface area (Å²) in [5.74, 6) is 0. The molecule has 1 heterocycles. The molecular formula is C17H26N2O. The number of rotatable bonds is 5. The van der Waals surface area contributed by atoms with Gasteiger partial charge in [0.2, 0.25) is 0 Å². The number of nitrogens with one attached hydrogen (secondary N) is 1. The number of methoxy groups -OCH3 is 1. The van der Waals surface area contributed by atoms with Gasteiger partial charge in [-0.1, -0.05) is 24.3 Å². The average Bonchev–Trinajstić information content (AvgIpc) is 2.87. The molecule has 0 spiro atoms. The highest BCUT2D eigenvalue weighted by molar-refractivity contribution is 5.33. The maximum atomic E-state index is 5.19. The second-order valence-corrected chi connectivity index (χ2v) is 6.17. The van der Waals surface area contributed by atoms with Crippen molar-refractivity contribution in [1.29, 1.82) is 0 Å². The predicted octanol–water partition coefficient (Wildman–Crippen LogP) is 1.85. The maximum Gasteiger partial charge on any atom is 0.0589 e. The monoisotopic (exact) mass is 274 g/mol. The standard InChI is InChI=1S/C17H26N2O/c1-20-10-9-19-8-4-7-16(13-19)18-17-11-14-5-2-3-6-15(14)12-17/h2-3,5-6,16-18H,4,7-13H2,1H3/t16-/m0/s1. The Kier molecular flexibility index (Phi) is 4.71. The quantitative estimate of drug-likeness (QED) is 0.887. The first-order valence-corrected chi connectivity index (χ1v) is 7.89. The minimum absolute atomic E-state index is 0.639. The average molecular weight is 274 g/mol. The smallest absolute Gasteiger partial charge is 0.0589 e. The summed E-state index contributed by atoms with van der Waals surface area (Å²) < 4.78 is 5.19. The van der Waals surface area contributed by atoms with E-state index >= 15 is 0 Å². The van der Waals surface area contributed by atoms with Crippen LogP contribution in [0.5, 0.6) is 0 Å². The highest BCUT2D eigenvalue weighted by Gasteiger charge is 2.26. The van der Waals surface area contributed by atoms with Crippen LogP contribution in [-0.2, 0) is 17.6 Å². The van der Waals surface area contributed by atoms with Gasteiger partial charge in [-0.3, -0.25) is 4.90 Å². The third kappa shape index (κ3) is 3.40. The molecule has 1 fully saturated rings. The fourth-order valence-corrected chi connectivity index (χ4v) is 3.63. The summed E-state index contributed by atoms with van der Waals surface area (Å²) in [6.45, 7) is 4.32. The molecule has 1 aliphatic heterocycles. The van der Waals surface area contributed by atoms with Gasteiger partial charge in [0, 0.05) is 32.3 Å². The normalized spacial score (nSPS) is 23.9. The molecule has 1 aromatic carbocycles. The number of benzene rings is 1. The molecule has 1 aromatic rings. The number of fused-ring (bicyclic) bond motifs is 1. The summed E-state index contributed by atoms with van der Waals surface area (Å²) in [7, 11) is 1.79. The summed E-state index contributed by atoms with van der Waals surface area (Å²) >= 11 is 0. The Morgan fingerprint density at radius 3 is 2.65 bits per heavy atom. The first-order valence-electron chi connectivity index (χ1n) is 7.89. The van der Waals surface area contributed by atoms with Crippen molar-refractivity contribution in [3.05, 3.63) is 35.4 Å². The molecule has 20 heavy (non-hydrogen) atoms. The van der Waals surface area contributed by atoms with E-state index in [1.807, 2.05) is 0 Å². The number of hydrogen-bond donors (Lipinski definition) is 1. The van der Waals surface area contributed by atoms with Gasteiger partial charge in [0.25, 0.3) is 0 Å². The van der Waals surface area contributed by atoms with Gasteiger partial charge < -0.3 is 10.1 Å². The maximum absolute atomic E-state index is 5.19. The van der Waals surface area contributed by atoms with Crippen molar-refractivity contribution in [3.63, 3.8) is 0 Å². The zero-order valence-electron chi connectivity index (χ0n) is 12.5. The molecule has 3 heteroatoms. The molecule has 1 aliphatic carbocycles. The third-order valence-corrected chi connectivity index (χ3v) is 4.64. The van der Waals surface area contributed by atoms with E-state index in [4.69, 9.17) is 4.74 Å². The van der Waals surface area contributed by atoms with Crippen molar-refractivity contribution in [1.82, 2.24) is 10.2 Å².